The van der Waals surface area contributed by atoms with Gasteiger partial charge in [-0.2, -0.15) is 0 Å². The van der Waals surface area contributed by atoms with Crippen LogP contribution in [0, 0.1) is 10.1 Å². The number of nitro groups is 1. The molecule has 0 saturated carbocycles. The third-order valence-corrected chi connectivity index (χ3v) is 5.39. The van der Waals surface area contributed by atoms with Crippen LogP contribution in [0.5, 0.6) is 0 Å². The van der Waals surface area contributed by atoms with Crippen LogP contribution < -0.4 is 10.6 Å². The number of carbonyl (C=O) groups excluding carboxylic acids is 2. The fourth-order valence-electron chi connectivity index (χ4n) is 3.85. The average molecular weight is 375 g/mol. The molecule has 1 atom stereocenters. The summed E-state index contributed by atoms with van der Waals surface area (Å²) < 4.78 is 0. The van der Waals surface area contributed by atoms with E-state index in [1.165, 1.54) is 13.0 Å². The van der Waals surface area contributed by atoms with Gasteiger partial charge in [-0.3, -0.25) is 19.7 Å². The highest BCUT2D eigenvalue weighted by molar-refractivity contribution is 5.96. The normalized spacial score (nSPS) is 20.1. The Kier molecular flexibility index (Phi) is 5.59. The fraction of sp³-hybridized carbons (Fsp3) is 0.556. The number of rotatable bonds is 4. The van der Waals surface area contributed by atoms with Crippen LogP contribution in [-0.4, -0.2) is 71.8 Å². The molecule has 9 nitrogen and oxygen atoms in total. The van der Waals surface area contributed by atoms with E-state index in [-0.39, 0.29) is 23.5 Å². The summed E-state index contributed by atoms with van der Waals surface area (Å²) in [5.74, 6) is -0.204. The molecule has 2 aliphatic heterocycles. The topological polar surface area (TPSA) is 113 Å². The SMILES string of the molecule is CC(=O)N1CCN(c2ccc(C(=O)N3CCCC3CN)cc2[N+](=O)[O-])CC1. The molecule has 0 spiro atoms. The van der Waals surface area contributed by atoms with Gasteiger partial charge in [0, 0.05) is 63.9 Å². The van der Waals surface area contributed by atoms with Crippen molar-refractivity contribution in [3.05, 3.63) is 33.9 Å². The molecular formula is C18H25N5O4. The molecule has 3 rings (SSSR count). The van der Waals surface area contributed by atoms with Crippen LogP contribution in [0.3, 0.4) is 0 Å². The molecule has 1 aromatic rings. The highest BCUT2D eigenvalue weighted by atomic mass is 16.6. The summed E-state index contributed by atoms with van der Waals surface area (Å²) in [7, 11) is 0. The molecule has 2 fully saturated rings. The van der Waals surface area contributed by atoms with Gasteiger partial charge in [-0.1, -0.05) is 0 Å². The summed E-state index contributed by atoms with van der Waals surface area (Å²) in [6.07, 6.45) is 1.76. The first kappa shape index (κ1) is 19.1. The number of nitro benzene ring substituents is 1. The third-order valence-electron chi connectivity index (χ3n) is 5.39. The first-order valence-corrected chi connectivity index (χ1v) is 9.22. The van der Waals surface area contributed by atoms with E-state index in [4.69, 9.17) is 5.73 Å². The first-order valence-electron chi connectivity index (χ1n) is 9.22. The molecule has 0 bridgehead atoms. The van der Waals surface area contributed by atoms with Crippen molar-refractivity contribution in [3.63, 3.8) is 0 Å². The Bertz CT molecular complexity index is 745. The molecule has 0 aromatic heterocycles. The Labute approximate surface area is 157 Å². The lowest BCUT2D eigenvalue weighted by molar-refractivity contribution is -0.384. The van der Waals surface area contributed by atoms with E-state index < -0.39 is 4.92 Å². The average Bonchev–Trinajstić information content (AvgIpc) is 3.15. The van der Waals surface area contributed by atoms with Crippen molar-refractivity contribution in [2.45, 2.75) is 25.8 Å². The minimum Gasteiger partial charge on any atom is -0.362 e. The van der Waals surface area contributed by atoms with Crippen LogP contribution in [0.4, 0.5) is 11.4 Å². The lowest BCUT2D eigenvalue weighted by atomic mass is 10.1. The van der Waals surface area contributed by atoms with E-state index >= 15 is 0 Å². The Morgan fingerprint density at radius 1 is 1.22 bits per heavy atom. The second kappa shape index (κ2) is 7.91. The minimum atomic E-state index is -0.451. The van der Waals surface area contributed by atoms with Crippen LogP contribution in [0.25, 0.3) is 0 Å². The molecule has 2 saturated heterocycles. The van der Waals surface area contributed by atoms with Crippen molar-refractivity contribution in [1.82, 2.24) is 9.80 Å². The Hall–Kier alpha value is -2.68. The Morgan fingerprint density at radius 3 is 2.52 bits per heavy atom. The van der Waals surface area contributed by atoms with Crippen molar-refractivity contribution in [2.75, 3.05) is 44.2 Å². The molecule has 1 aromatic carbocycles. The van der Waals surface area contributed by atoms with Crippen LogP contribution >= 0.6 is 0 Å². The highest BCUT2D eigenvalue weighted by Crippen LogP contribution is 2.31. The van der Waals surface area contributed by atoms with E-state index in [1.54, 1.807) is 21.9 Å². The molecule has 9 heteroatoms. The molecule has 0 aliphatic carbocycles. The van der Waals surface area contributed by atoms with Gasteiger partial charge in [-0.15, -0.1) is 0 Å². The Balaban J connectivity index is 1.82. The maximum Gasteiger partial charge on any atom is 0.293 e. The monoisotopic (exact) mass is 375 g/mol. The van der Waals surface area contributed by atoms with E-state index in [2.05, 4.69) is 0 Å². The smallest absolute Gasteiger partial charge is 0.293 e. The number of benzene rings is 1. The number of carbonyl (C=O) groups is 2. The number of piperazine rings is 1. The number of nitrogens with zero attached hydrogens (tertiary/aromatic N) is 4. The second-order valence-corrected chi connectivity index (χ2v) is 6.98. The maximum atomic E-state index is 12.8. The summed E-state index contributed by atoms with van der Waals surface area (Å²) in [5.41, 5.74) is 6.45. The van der Waals surface area contributed by atoms with Gasteiger partial charge in [0.1, 0.15) is 5.69 Å². The second-order valence-electron chi connectivity index (χ2n) is 6.98. The zero-order valence-electron chi connectivity index (χ0n) is 15.5. The van der Waals surface area contributed by atoms with Gasteiger partial charge in [0.25, 0.3) is 11.6 Å². The third kappa shape index (κ3) is 3.87. The largest absolute Gasteiger partial charge is 0.362 e. The lowest BCUT2D eigenvalue weighted by Crippen LogP contribution is -2.48. The number of amides is 2. The fourth-order valence-corrected chi connectivity index (χ4v) is 3.85. The molecule has 146 valence electrons. The number of anilines is 1. The molecular weight excluding hydrogens is 350 g/mol. The summed E-state index contributed by atoms with van der Waals surface area (Å²) in [6.45, 7) is 4.64. The number of likely N-dealkylation sites (tertiary alicyclic amines) is 1. The quantitative estimate of drug-likeness (QED) is 0.616. The van der Waals surface area contributed by atoms with Crippen molar-refractivity contribution in [2.24, 2.45) is 5.73 Å². The van der Waals surface area contributed by atoms with E-state index in [1.807, 2.05) is 4.90 Å². The summed E-state index contributed by atoms with van der Waals surface area (Å²) in [5, 5.41) is 11.6. The van der Waals surface area contributed by atoms with Gasteiger partial charge in [0.15, 0.2) is 0 Å². The predicted molar refractivity (Wildman–Crippen MR) is 101 cm³/mol. The van der Waals surface area contributed by atoms with Crippen LogP contribution in [-0.2, 0) is 4.79 Å². The maximum absolute atomic E-state index is 12.8. The first-order chi connectivity index (χ1) is 12.9. The number of nitrogens with two attached hydrogens (primary N) is 1. The predicted octanol–water partition coefficient (Wildman–Crippen LogP) is 0.827. The lowest BCUT2D eigenvalue weighted by Gasteiger charge is -2.35. The van der Waals surface area contributed by atoms with Gasteiger partial charge >= 0.3 is 0 Å². The summed E-state index contributed by atoms with van der Waals surface area (Å²) in [4.78, 5) is 40.7. The summed E-state index contributed by atoms with van der Waals surface area (Å²) in [6, 6.07) is 4.65. The molecule has 2 amide bonds. The highest BCUT2D eigenvalue weighted by Gasteiger charge is 2.31. The number of hydrogen-bond donors (Lipinski definition) is 1. The van der Waals surface area contributed by atoms with Crippen LogP contribution in [0.15, 0.2) is 18.2 Å². The molecule has 1 unspecified atom stereocenters. The Morgan fingerprint density at radius 2 is 1.93 bits per heavy atom. The van der Waals surface area contributed by atoms with E-state index in [9.17, 15) is 19.7 Å². The van der Waals surface area contributed by atoms with Crippen molar-refractivity contribution >= 4 is 23.2 Å². The van der Waals surface area contributed by atoms with Gasteiger partial charge in [-0.05, 0) is 25.0 Å². The molecule has 2 aliphatic rings. The minimum absolute atomic E-state index is 0.00380. The van der Waals surface area contributed by atoms with E-state index in [0.717, 1.165) is 12.8 Å². The van der Waals surface area contributed by atoms with Gasteiger partial charge in [-0.25, -0.2) is 0 Å². The van der Waals surface area contributed by atoms with Crippen molar-refractivity contribution in [1.29, 1.82) is 0 Å². The van der Waals surface area contributed by atoms with Crippen molar-refractivity contribution in [3.8, 4) is 0 Å². The summed E-state index contributed by atoms with van der Waals surface area (Å²) >= 11 is 0. The van der Waals surface area contributed by atoms with E-state index in [0.29, 0.717) is 50.5 Å². The number of hydrogen-bond acceptors (Lipinski definition) is 6. The van der Waals surface area contributed by atoms with Crippen molar-refractivity contribution < 1.29 is 14.5 Å². The van der Waals surface area contributed by atoms with Gasteiger partial charge in [0.05, 0.1) is 4.92 Å². The standard InChI is InChI=1S/C18H25N5O4/c1-13(24)20-7-9-21(10-8-20)16-5-4-14(11-17(16)23(26)27)18(25)22-6-2-3-15(22)12-19/h4-5,11,15H,2-3,6-10,12,19H2,1H3. The molecule has 0 radical (unpaired) electrons. The zero-order valence-corrected chi connectivity index (χ0v) is 15.5. The van der Waals surface area contributed by atoms with Gasteiger partial charge < -0.3 is 20.4 Å². The molecule has 27 heavy (non-hydrogen) atoms. The van der Waals surface area contributed by atoms with Crippen LogP contribution in [0.2, 0.25) is 0 Å². The zero-order chi connectivity index (χ0) is 19.6. The molecule has 2 N–H and O–H groups in total. The van der Waals surface area contributed by atoms with Gasteiger partial charge in [0.2, 0.25) is 5.91 Å². The molecule has 2 heterocycles. The van der Waals surface area contributed by atoms with Crippen LogP contribution in [0.1, 0.15) is 30.1 Å².